The quantitative estimate of drug-likeness (QED) is 0.780. The first kappa shape index (κ1) is 16.7. The van der Waals surface area contributed by atoms with Gasteiger partial charge in [-0.2, -0.15) is 0 Å². The molecule has 1 amide bonds. The van der Waals surface area contributed by atoms with E-state index in [2.05, 4.69) is 18.7 Å². The number of aliphatic hydroxyl groups is 1. The molecule has 2 rings (SSSR count). The van der Waals surface area contributed by atoms with Crippen LogP contribution in [0.2, 0.25) is 0 Å². The van der Waals surface area contributed by atoms with Gasteiger partial charge in [0, 0.05) is 26.2 Å². The van der Waals surface area contributed by atoms with Crippen LogP contribution in [0.15, 0.2) is 43.0 Å². The average molecular weight is 302 g/mol. The number of rotatable bonds is 7. The molecule has 1 aliphatic heterocycles. The van der Waals surface area contributed by atoms with E-state index in [0.717, 1.165) is 19.4 Å². The van der Waals surface area contributed by atoms with Gasteiger partial charge in [0.15, 0.2) is 5.60 Å². The fraction of sp³-hybridized carbons (Fsp3) is 0.500. The summed E-state index contributed by atoms with van der Waals surface area (Å²) in [6.45, 7) is 6.12. The summed E-state index contributed by atoms with van der Waals surface area (Å²) in [7, 11) is 1.90. The smallest absolute Gasteiger partial charge is 0.255 e. The lowest BCUT2D eigenvalue weighted by Crippen LogP contribution is -2.58. The number of benzene rings is 1. The van der Waals surface area contributed by atoms with E-state index in [4.69, 9.17) is 0 Å². The molecule has 0 aromatic heterocycles. The molecule has 22 heavy (non-hydrogen) atoms. The van der Waals surface area contributed by atoms with Gasteiger partial charge in [-0.25, -0.2) is 0 Å². The third-order valence-electron chi connectivity index (χ3n) is 4.19. The van der Waals surface area contributed by atoms with Crippen LogP contribution in [0.3, 0.4) is 0 Å². The van der Waals surface area contributed by atoms with Crippen molar-refractivity contribution in [1.29, 1.82) is 0 Å². The second-order valence-corrected chi connectivity index (χ2v) is 6.15. The minimum Gasteiger partial charge on any atom is -0.379 e. The van der Waals surface area contributed by atoms with Crippen LogP contribution in [-0.2, 0) is 11.2 Å². The number of carbonyl (C=O) groups excluding carboxylic acids is 1. The second-order valence-electron chi connectivity index (χ2n) is 6.15. The molecule has 1 aromatic carbocycles. The van der Waals surface area contributed by atoms with Crippen molar-refractivity contribution in [2.75, 3.05) is 33.2 Å². The van der Waals surface area contributed by atoms with E-state index >= 15 is 0 Å². The van der Waals surface area contributed by atoms with E-state index < -0.39 is 5.60 Å². The number of likely N-dealkylation sites (N-methyl/N-ethyl adjacent to an activating group) is 1. The summed E-state index contributed by atoms with van der Waals surface area (Å²) in [5.41, 5.74) is -0.0413. The number of hydrogen-bond acceptors (Lipinski definition) is 3. The SMILES string of the molecule is C=CCN(C)CC1(O)CCCN(CCc2ccccc2)C1=O. The van der Waals surface area contributed by atoms with Gasteiger partial charge >= 0.3 is 0 Å². The van der Waals surface area contributed by atoms with Crippen LogP contribution in [0.5, 0.6) is 0 Å². The Morgan fingerprint density at radius 3 is 2.82 bits per heavy atom. The Bertz CT molecular complexity index is 503. The highest BCUT2D eigenvalue weighted by molar-refractivity contribution is 5.86. The standard InChI is InChI=1S/C18H26N2O2/c1-3-12-19(2)15-18(22)11-7-13-20(17(18)21)14-10-16-8-5-4-6-9-16/h3-6,8-9,22H,1,7,10-15H2,2H3. The van der Waals surface area contributed by atoms with Crippen LogP contribution in [0.4, 0.5) is 0 Å². The zero-order valence-electron chi connectivity index (χ0n) is 13.4. The lowest BCUT2D eigenvalue weighted by atomic mass is 9.91. The highest BCUT2D eigenvalue weighted by atomic mass is 16.3. The monoisotopic (exact) mass is 302 g/mol. The summed E-state index contributed by atoms with van der Waals surface area (Å²) in [6, 6.07) is 10.1. The van der Waals surface area contributed by atoms with Crippen molar-refractivity contribution < 1.29 is 9.90 Å². The third-order valence-corrected chi connectivity index (χ3v) is 4.19. The Labute approximate surface area is 133 Å². The van der Waals surface area contributed by atoms with Gasteiger partial charge in [0.1, 0.15) is 0 Å². The van der Waals surface area contributed by atoms with Crippen LogP contribution in [-0.4, -0.2) is 59.6 Å². The van der Waals surface area contributed by atoms with Crippen molar-refractivity contribution in [2.24, 2.45) is 0 Å². The number of likely N-dealkylation sites (tertiary alicyclic amines) is 1. The van der Waals surface area contributed by atoms with Gasteiger partial charge < -0.3 is 10.0 Å². The summed E-state index contributed by atoms with van der Waals surface area (Å²) in [6.07, 6.45) is 3.99. The maximum Gasteiger partial charge on any atom is 0.255 e. The van der Waals surface area contributed by atoms with Gasteiger partial charge in [-0.05, 0) is 31.9 Å². The minimum atomic E-state index is -1.26. The molecule has 1 aliphatic rings. The summed E-state index contributed by atoms with van der Waals surface area (Å²) in [5.74, 6) is -0.134. The summed E-state index contributed by atoms with van der Waals surface area (Å²) < 4.78 is 0. The first-order valence-electron chi connectivity index (χ1n) is 7.90. The van der Waals surface area contributed by atoms with Crippen molar-refractivity contribution in [2.45, 2.75) is 24.9 Å². The van der Waals surface area contributed by atoms with Crippen molar-refractivity contribution in [3.8, 4) is 0 Å². The van der Waals surface area contributed by atoms with Gasteiger partial charge in [0.05, 0.1) is 0 Å². The number of nitrogens with zero attached hydrogens (tertiary/aromatic N) is 2. The first-order chi connectivity index (χ1) is 10.5. The summed E-state index contributed by atoms with van der Waals surface area (Å²) >= 11 is 0. The average Bonchev–Trinajstić information content (AvgIpc) is 2.50. The van der Waals surface area contributed by atoms with Gasteiger partial charge in [-0.3, -0.25) is 9.69 Å². The van der Waals surface area contributed by atoms with Crippen molar-refractivity contribution in [3.05, 3.63) is 48.6 Å². The molecular formula is C18H26N2O2. The highest BCUT2D eigenvalue weighted by Crippen LogP contribution is 2.24. The Kier molecular flexibility index (Phi) is 5.75. The van der Waals surface area contributed by atoms with E-state index in [1.165, 1.54) is 5.56 Å². The fourth-order valence-corrected chi connectivity index (χ4v) is 3.07. The maximum absolute atomic E-state index is 12.6. The third kappa shape index (κ3) is 4.18. The van der Waals surface area contributed by atoms with E-state index in [-0.39, 0.29) is 5.91 Å². The maximum atomic E-state index is 12.6. The Morgan fingerprint density at radius 1 is 1.41 bits per heavy atom. The molecule has 0 bridgehead atoms. The number of amides is 1. The predicted octanol–water partition coefficient (Wildman–Crippen LogP) is 1.70. The normalized spacial score (nSPS) is 22.1. The van der Waals surface area contributed by atoms with Gasteiger partial charge in [-0.1, -0.05) is 36.4 Å². The van der Waals surface area contributed by atoms with E-state index in [1.54, 1.807) is 11.0 Å². The molecule has 1 heterocycles. The molecule has 1 aromatic rings. The molecule has 4 nitrogen and oxygen atoms in total. The fourth-order valence-electron chi connectivity index (χ4n) is 3.07. The highest BCUT2D eigenvalue weighted by Gasteiger charge is 2.42. The van der Waals surface area contributed by atoms with Crippen LogP contribution in [0, 0.1) is 0 Å². The molecule has 120 valence electrons. The minimum absolute atomic E-state index is 0.134. The molecular weight excluding hydrogens is 276 g/mol. The van der Waals surface area contributed by atoms with Gasteiger partial charge in [0.25, 0.3) is 5.91 Å². The molecule has 1 saturated heterocycles. The molecule has 0 saturated carbocycles. The van der Waals surface area contributed by atoms with Crippen LogP contribution >= 0.6 is 0 Å². The molecule has 1 unspecified atom stereocenters. The van der Waals surface area contributed by atoms with E-state index in [9.17, 15) is 9.90 Å². The molecule has 1 N–H and O–H groups in total. The summed E-state index contributed by atoms with van der Waals surface area (Å²) in [5, 5.41) is 10.7. The number of hydrogen-bond donors (Lipinski definition) is 1. The Hall–Kier alpha value is -1.65. The van der Waals surface area contributed by atoms with E-state index in [0.29, 0.717) is 26.1 Å². The molecule has 4 heteroatoms. The molecule has 1 fully saturated rings. The lowest BCUT2D eigenvalue weighted by Gasteiger charge is -2.40. The molecule has 0 spiro atoms. The Morgan fingerprint density at radius 2 is 2.14 bits per heavy atom. The van der Waals surface area contributed by atoms with Crippen molar-refractivity contribution in [3.63, 3.8) is 0 Å². The van der Waals surface area contributed by atoms with Crippen LogP contribution in [0.25, 0.3) is 0 Å². The van der Waals surface area contributed by atoms with Gasteiger partial charge in [-0.15, -0.1) is 6.58 Å². The predicted molar refractivity (Wildman–Crippen MR) is 88.6 cm³/mol. The number of piperidine rings is 1. The van der Waals surface area contributed by atoms with Crippen LogP contribution < -0.4 is 0 Å². The van der Waals surface area contributed by atoms with Crippen LogP contribution in [0.1, 0.15) is 18.4 Å². The topological polar surface area (TPSA) is 43.8 Å². The lowest BCUT2D eigenvalue weighted by molar-refractivity contribution is -0.158. The first-order valence-corrected chi connectivity index (χ1v) is 7.90. The molecule has 1 atom stereocenters. The Balaban J connectivity index is 1.95. The van der Waals surface area contributed by atoms with Crippen molar-refractivity contribution >= 4 is 5.91 Å². The zero-order valence-corrected chi connectivity index (χ0v) is 13.4. The van der Waals surface area contributed by atoms with E-state index in [1.807, 2.05) is 30.1 Å². The van der Waals surface area contributed by atoms with Crippen molar-refractivity contribution in [1.82, 2.24) is 9.80 Å². The number of carbonyl (C=O) groups is 1. The summed E-state index contributed by atoms with van der Waals surface area (Å²) in [4.78, 5) is 16.4. The zero-order chi connectivity index (χ0) is 16.0. The molecule has 0 aliphatic carbocycles. The molecule has 0 radical (unpaired) electrons. The second kappa shape index (κ2) is 7.56. The van der Waals surface area contributed by atoms with Gasteiger partial charge in [0.2, 0.25) is 0 Å². The largest absolute Gasteiger partial charge is 0.379 e.